The monoisotopic (exact) mass is 496 g/mol. The van der Waals surface area contributed by atoms with Crippen molar-refractivity contribution in [3.63, 3.8) is 0 Å². The van der Waals surface area contributed by atoms with Crippen molar-refractivity contribution in [1.82, 2.24) is 14.5 Å². The summed E-state index contributed by atoms with van der Waals surface area (Å²) in [5, 5.41) is 3.31. The number of halogens is 4. The van der Waals surface area contributed by atoms with Crippen LogP contribution in [-0.2, 0) is 7.05 Å². The van der Waals surface area contributed by atoms with E-state index in [1.807, 2.05) is 0 Å². The van der Waals surface area contributed by atoms with Gasteiger partial charge in [0.25, 0.3) is 11.5 Å². The lowest BCUT2D eigenvalue weighted by Crippen LogP contribution is -2.18. The second-order valence-corrected chi connectivity index (χ2v) is 7.90. The van der Waals surface area contributed by atoms with Crippen molar-refractivity contribution in [2.24, 2.45) is 7.05 Å². The molecule has 2 heterocycles. The number of para-hydroxylation sites is 1. The minimum absolute atomic E-state index is 0.0599. The number of anilines is 1. The molecule has 0 bridgehead atoms. The Bertz CT molecular complexity index is 1690. The number of hydrogen-bond acceptors (Lipinski definition) is 4. The number of nitrogens with zero attached hydrogens (tertiary/aromatic N) is 2. The molecule has 5 aromatic rings. The number of alkyl halides is 3. The van der Waals surface area contributed by atoms with E-state index in [1.54, 1.807) is 31.3 Å². The van der Waals surface area contributed by atoms with Crippen molar-refractivity contribution in [1.29, 1.82) is 0 Å². The smallest absolute Gasteiger partial charge is 0.406 e. The fourth-order valence-corrected chi connectivity index (χ4v) is 4.06. The molecule has 0 aliphatic carbocycles. The van der Waals surface area contributed by atoms with Crippen LogP contribution in [0.15, 0.2) is 71.5 Å². The van der Waals surface area contributed by atoms with E-state index in [9.17, 15) is 27.2 Å². The Morgan fingerprint density at radius 1 is 1.03 bits per heavy atom. The number of benzene rings is 3. The first-order chi connectivity index (χ1) is 17.1. The zero-order valence-electron chi connectivity index (χ0n) is 18.5. The summed E-state index contributed by atoms with van der Waals surface area (Å²) in [6.45, 7) is 0. The number of aryl methyl sites for hydroxylation is 1. The summed E-state index contributed by atoms with van der Waals surface area (Å²) in [5.74, 6) is -1.58. The summed E-state index contributed by atoms with van der Waals surface area (Å²) in [5.41, 5.74) is 0.902. The lowest BCUT2D eigenvalue weighted by Gasteiger charge is -2.11. The summed E-state index contributed by atoms with van der Waals surface area (Å²) in [6, 6.07) is 15.2. The van der Waals surface area contributed by atoms with Gasteiger partial charge in [0.05, 0.1) is 16.5 Å². The maximum atomic E-state index is 14.2. The van der Waals surface area contributed by atoms with Gasteiger partial charge in [0.15, 0.2) is 0 Å². The maximum absolute atomic E-state index is 14.2. The molecule has 0 aliphatic heterocycles. The summed E-state index contributed by atoms with van der Waals surface area (Å²) in [7, 11) is 1.60. The zero-order chi connectivity index (χ0) is 25.6. The van der Waals surface area contributed by atoms with Crippen molar-refractivity contribution >= 4 is 33.4 Å². The van der Waals surface area contributed by atoms with Crippen LogP contribution in [0.25, 0.3) is 33.2 Å². The van der Waals surface area contributed by atoms with Gasteiger partial charge in [0.1, 0.15) is 23.1 Å². The molecule has 182 valence electrons. The third-order valence-electron chi connectivity index (χ3n) is 5.57. The Labute approximate surface area is 200 Å². The maximum Gasteiger partial charge on any atom is 0.573 e. The number of aromatic nitrogens is 3. The zero-order valence-corrected chi connectivity index (χ0v) is 18.5. The molecule has 3 aromatic carbocycles. The van der Waals surface area contributed by atoms with Crippen LogP contribution in [0.5, 0.6) is 5.75 Å². The molecule has 0 saturated heterocycles. The molecule has 11 heteroatoms. The predicted octanol–water partition coefficient (Wildman–Crippen LogP) is 5.37. The average molecular weight is 496 g/mol. The lowest BCUT2D eigenvalue weighted by molar-refractivity contribution is -0.274. The normalized spacial score (nSPS) is 11.7. The number of aromatic amines is 1. The van der Waals surface area contributed by atoms with E-state index in [4.69, 9.17) is 0 Å². The van der Waals surface area contributed by atoms with Gasteiger partial charge in [-0.3, -0.25) is 9.59 Å². The fourth-order valence-electron chi connectivity index (χ4n) is 4.06. The van der Waals surface area contributed by atoms with Gasteiger partial charge in [-0.2, -0.15) is 0 Å². The highest BCUT2D eigenvalue weighted by atomic mass is 19.4. The summed E-state index contributed by atoms with van der Waals surface area (Å²) in [6.07, 6.45) is -4.85. The first-order valence-corrected chi connectivity index (χ1v) is 10.6. The standard InChI is InChI=1S/C25H16F4N4O3/c1-33-19-11-6-13(26)12-17(19)20(22-31-18-5-3-2-4-16(18)23(34)32-22)21(33)24(35)30-14-7-9-15(10-8-14)36-25(27,28)29/h2-12H,1H3,(H,30,35)(H,31,32,34). The van der Waals surface area contributed by atoms with E-state index in [0.29, 0.717) is 21.8 Å². The second-order valence-electron chi connectivity index (χ2n) is 7.90. The van der Waals surface area contributed by atoms with E-state index in [-0.39, 0.29) is 22.8 Å². The van der Waals surface area contributed by atoms with Crippen LogP contribution in [0.3, 0.4) is 0 Å². The predicted molar refractivity (Wildman–Crippen MR) is 125 cm³/mol. The third kappa shape index (κ3) is 4.26. The van der Waals surface area contributed by atoms with Gasteiger partial charge in [-0.1, -0.05) is 12.1 Å². The molecular weight excluding hydrogens is 480 g/mol. The van der Waals surface area contributed by atoms with E-state index < -0.39 is 29.4 Å². The van der Waals surface area contributed by atoms with Gasteiger partial charge >= 0.3 is 6.36 Å². The van der Waals surface area contributed by atoms with Crippen LogP contribution < -0.4 is 15.6 Å². The molecule has 36 heavy (non-hydrogen) atoms. The third-order valence-corrected chi connectivity index (χ3v) is 5.57. The Balaban J connectivity index is 1.62. The van der Waals surface area contributed by atoms with Gasteiger partial charge in [-0.25, -0.2) is 9.37 Å². The van der Waals surface area contributed by atoms with E-state index >= 15 is 0 Å². The van der Waals surface area contributed by atoms with E-state index in [1.165, 1.54) is 34.9 Å². The largest absolute Gasteiger partial charge is 0.573 e. The Morgan fingerprint density at radius 2 is 1.75 bits per heavy atom. The van der Waals surface area contributed by atoms with Crippen molar-refractivity contribution in [3.8, 4) is 17.1 Å². The number of amides is 1. The number of nitrogens with one attached hydrogen (secondary N) is 2. The minimum atomic E-state index is -4.85. The number of H-pyrrole nitrogens is 1. The number of fused-ring (bicyclic) bond motifs is 2. The van der Waals surface area contributed by atoms with Crippen LogP contribution in [-0.4, -0.2) is 26.8 Å². The second kappa shape index (κ2) is 8.52. The topological polar surface area (TPSA) is 89.0 Å². The molecule has 0 unspecified atom stereocenters. The number of ether oxygens (including phenoxy) is 1. The van der Waals surface area contributed by atoms with Gasteiger partial charge < -0.3 is 19.6 Å². The number of rotatable bonds is 4. The van der Waals surface area contributed by atoms with E-state index in [0.717, 1.165) is 12.1 Å². The Kier molecular flexibility index (Phi) is 5.47. The highest BCUT2D eigenvalue weighted by molar-refractivity contribution is 6.14. The summed E-state index contributed by atoms with van der Waals surface area (Å²) < 4.78 is 56.9. The number of carbonyl (C=O) groups excluding carboxylic acids is 1. The van der Waals surface area contributed by atoms with Gasteiger partial charge in [0.2, 0.25) is 0 Å². The number of hydrogen-bond donors (Lipinski definition) is 2. The molecule has 2 aromatic heterocycles. The van der Waals surface area contributed by atoms with Crippen LogP contribution in [0.1, 0.15) is 10.5 Å². The van der Waals surface area contributed by atoms with Crippen molar-refractivity contribution in [2.75, 3.05) is 5.32 Å². The van der Waals surface area contributed by atoms with Gasteiger partial charge in [-0.15, -0.1) is 13.2 Å². The average Bonchev–Trinajstić information content (AvgIpc) is 3.11. The quantitative estimate of drug-likeness (QED) is 0.328. The molecule has 0 saturated carbocycles. The first kappa shape index (κ1) is 23.1. The van der Waals surface area contributed by atoms with E-state index in [2.05, 4.69) is 20.0 Å². The van der Waals surface area contributed by atoms with Gasteiger partial charge in [-0.05, 0) is 54.6 Å². The molecule has 0 fully saturated rings. The highest BCUT2D eigenvalue weighted by Crippen LogP contribution is 2.34. The fraction of sp³-hybridized carbons (Fsp3) is 0.0800. The van der Waals surface area contributed by atoms with Crippen LogP contribution >= 0.6 is 0 Å². The molecule has 1 amide bonds. The van der Waals surface area contributed by atoms with Crippen molar-refractivity contribution < 1.29 is 27.1 Å². The Morgan fingerprint density at radius 3 is 2.47 bits per heavy atom. The molecule has 0 atom stereocenters. The molecule has 0 aliphatic rings. The summed E-state index contributed by atoms with van der Waals surface area (Å²) >= 11 is 0. The van der Waals surface area contributed by atoms with Crippen LogP contribution in [0, 0.1) is 5.82 Å². The lowest BCUT2D eigenvalue weighted by atomic mass is 10.1. The van der Waals surface area contributed by atoms with Crippen LogP contribution in [0.2, 0.25) is 0 Å². The van der Waals surface area contributed by atoms with Gasteiger partial charge in [0, 0.05) is 23.6 Å². The molecule has 0 spiro atoms. The molecule has 7 nitrogen and oxygen atoms in total. The Hall–Kier alpha value is -4.67. The number of carbonyl (C=O) groups is 1. The summed E-state index contributed by atoms with van der Waals surface area (Å²) in [4.78, 5) is 33.3. The molecule has 5 rings (SSSR count). The SMILES string of the molecule is Cn1c(C(=O)Nc2ccc(OC(F)(F)F)cc2)c(-c2nc3ccccc3c(=O)[nH]2)c2cc(F)ccc21. The van der Waals surface area contributed by atoms with Crippen molar-refractivity contribution in [3.05, 3.63) is 88.6 Å². The highest BCUT2D eigenvalue weighted by Gasteiger charge is 2.31. The minimum Gasteiger partial charge on any atom is -0.406 e. The first-order valence-electron chi connectivity index (χ1n) is 10.6. The molecular formula is C25H16F4N4O3. The molecule has 0 radical (unpaired) electrons. The van der Waals surface area contributed by atoms with Crippen molar-refractivity contribution in [2.45, 2.75) is 6.36 Å². The molecule has 2 N–H and O–H groups in total. The van der Waals surface area contributed by atoms with Crippen LogP contribution in [0.4, 0.5) is 23.2 Å².